The Hall–Kier alpha value is -2.24. The molecule has 0 atom stereocenters. The maximum atomic E-state index is 11.7. The molecule has 0 aliphatic rings. The highest BCUT2D eigenvalue weighted by Crippen LogP contribution is 2.08. The summed E-state index contributed by atoms with van der Waals surface area (Å²) in [5.74, 6) is -0.600. The number of carboxylic acids is 1. The summed E-state index contributed by atoms with van der Waals surface area (Å²) in [5.41, 5.74) is -0.0521. The van der Waals surface area contributed by atoms with Crippen molar-refractivity contribution in [3.63, 3.8) is 0 Å². The van der Waals surface area contributed by atoms with Crippen LogP contribution >= 0.6 is 0 Å². The molecule has 0 radical (unpaired) electrons. The lowest BCUT2D eigenvalue weighted by molar-refractivity contribution is 0.0696. The second kappa shape index (κ2) is 4.32. The third-order valence-electron chi connectivity index (χ3n) is 2.49. The third-order valence-corrected chi connectivity index (χ3v) is 2.49. The third kappa shape index (κ3) is 2.15. The van der Waals surface area contributed by atoms with Crippen molar-refractivity contribution in [1.82, 2.24) is 9.13 Å². The number of rotatable bonds is 4. The highest BCUT2D eigenvalue weighted by Gasteiger charge is 2.10. The maximum Gasteiger partial charge on any atom is 0.338 e. The van der Waals surface area contributed by atoms with E-state index in [4.69, 9.17) is 9.52 Å². The van der Waals surface area contributed by atoms with Crippen molar-refractivity contribution >= 4 is 5.97 Å². The normalized spacial score (nSPS) is 10.6. The molecule has 2 rings (SSSR count). The van der Waals surface area contributed by atoms with Gasteiger partial charge in [0.2, 0.25) is 0 Å². The molecule has 0 aliphatic carbocycles. The topological polar surface area (TPSA) is 77.4 Å². The summed E-state index contributed by atoms with van der Waals surface area (Å²) in [6.45, 7) is 2.71. The van der Waals surface area contributed by atoms with E-state index in [0.29, 0.717) is 12.3 Å². The van der Waals surface area contributed by atoms with Crippen LogP contribution in [-0.4, -0.2) is 20.2 Å². The molecule has 2 aromatic rings. The Balaban J connectivity index is 2.22. The quantitative estimate of drug-likeness (QED) is 0.859. The first-order chi connectivity index (χ1) is 8.11. The predicted molar refractivity (Wildman–Crippen MR) is 59.1 cm³/mol. The van der Waals surface area contributed by atoms with E-state index >= 15 is 0 Å². The molecule has 0 saturated heterocycles. The summed E-state index contributed by atoms with van der Waals surface area (Å²) in [4.78, 5) is 22.4. The Morgan fingerprint density at radius 2 is 2.12 bits per heavy atom. The van der Waals surface area contributed by atoms with Gasteiger partial charge in [0.1, 0.15) is 12.0 Å². The lowest BCUT2D eigenvalue weighted by atomic mass is 10.3. The number of aryl methyl sites for hydroxylation is 1. The number of hydrogen-bond acceptors (Lipinski definition) is 3. The van der Waals surface area contributed by atoms with E-state index in [9.17, 15) is 9.59 Å². The van der Waals surface area contributed by atoms with Crippen LogP contribution in [0, 0.1) is 0 Å². The van der Waals surface area contributed by atoms with Crippen LogP contribution in [0.5, 0.6) is 0 Å². The van der Waals surface area contributed by atoms with Crippen LogP contribution in [0.1, 0.15) is 23.0 Å². The van der Waals surface area contributed by atoms with E-state index < -0.39 is 5.97 Å². The Morgan fingerprint density at radius 1 is 1.41 bits per heavy atom. The molecule has 0 fully saturated rings. The summed E-state index contributed by atoms with van der Waals surface area (Å²) in [6.07, 6.45) is 4.50. The van der Waals surface area contributed by atoms with Crippen LogP contribution in [0.3, 0.4) is 0 Å². The van der Waals surface area contributed by atoms with Crippen LogP contribution in [0.15, 0.2) is 33.9 Å². The van der Waals surface area contributed by atoms with Crippen molar-refractivity contribution < 1.29 is 14.3 Å². The van der Waals surface area contributed by atoms with Gasteiger partial charge in [-0.2, -0.15) is 0 Å². The summed E-state index contributed by atoms with van der Waals surface area (Å²) in [6, 6.07) is 1.41. The molecule has 17 heavy (non-hydrogen) atoms. The summed E-state index contributed by atoms with van der Waals surface area (Å²) in [7, 11) is 0. The highest BCUT2D eigenvalue weighted by atomic mass is 16.4. The molecular weight excluding hydrogens is 224 g/mol. The summed E-state index contributed by atoms with van der Waals surface area (Å²) >= 11 is 0. The molecule has 2 aromatic heterocycles. The molecule has 90 valence electrons. The van der Waals surface area contributed by atoms with Crippen molar-refractivity contribution in [3.8, 4) is 0 Å². The number of carbonyl (C=O) groups is 1. The van der Waals surface area contributed by atoms with E-state index in [1.165, 1.54) is 16.9 Å². The van der Waals surface area contributed by atoms with E-state index in [0.717, 1.165) is 0 Å². The van der Waals surface area contributed by atoms with Crippen LogP contribution in [0.2, 0.25) is 0 Å². The first-order valence-electron chi connectivity index (χ1n) is 5.18. The van der Waals surface area contributed by atoms with Crippen LogP contribution < -0.4 is 5.69 Å². The van der Waals surface area contributed by atoms with Gasteiger partial charge < -0.3 is 9.52 Å². The Morgan fingerprint density at radius 3 is 2.65 bits per heavy atom. The number of carboxylic acid groups (broad SMARTS) is 1. The van der Waals surface area contributed by atoms with Gasteiger partial charge in [0.05, 0.1) is 12.1 Å². The smallest absolute Gasteiger partial charge is 0.338 e. The van der Waals surface area contributed by atoms with E-state index in [2.05, 4.69) is 0 Å². The van der Waals surface area contributed by atoms with Crippen LogP contribution in [-0.2, 0) is 13.1 Å². The minimum atomic E-state index is -1.04. The van der Waals surface area contributed by atoms with E-state index in [-0.39, 0.29) is 17.8 Å². The average Bonchev–Trinajstić information content (AvgIpc) is 2.88. The Kier molecular flexibility index (Phi) is 2.86. The predicted octanol–water partition coefficient (Wildman–Crippen LogP) is 1.01. The van der Waals surface area contributed by atoms with Crippen LogP contribution in [0.4, 0.5) is 0 Å². The second-order valence-electron chi connectivity index (χ2n) is 3.60. The molecule has 0 unspecified atom stereocenters. The lowest BCUT2D eigenvalue weighted by Crippen LogP contribution is -2.23. The zero-order valence-corrected chi connectivity index (χ0v) is 9.29. The van der Waals surface area contributed by atoms with Crippen LogP contribution in [0.25, 0.3) is 0 Å². The number of imidazole rings is 1. The van der Waals surface area contributed by atoms with Gasteiger partial charge in [-0.3, -0.25) is 9.13 Å². The van der Waals surface area contributed by atoms with Gasteiger partial charge in [0, 0.05) is 18.9 Å². The molecule has 0 saturated carbocycles. The SMILES string of the molecule is CCn1ccn(Cc2cc(C(=O)O)co2)c1=O. The van der Waals surface area contributed by atoms with Crippen molar-refractivity contribution in [2.24, 2.45) is 0 Å². The van der Waals surface area contributed by atoms with Gasteiger partial charge in [-0.05, 0) is 13.0 Å². The molecule has 1 N–H and O–H groups in total. The fourth-order valence-electron chi connectivity index (χ4n) is 1.56. The van der Waals surface area contributed by atoms with Crippen molar-refractivity contribution in [1.29, 1.82) is 0 Å². The number of furan rings is 1. The second-order valence-corrected chi connectivity index (χ2v) is 3.60. The molecular formula is C11H12N2O4. The molecule has 6 heteroatoms. The molecule has 2 heterocycles. The zero-order valence-electron chi connectivity index (χ0n) is 9.29. The molecule has 0 aliphatic heterocycles. The monoisotopic (exact) mass is 236 g/mol. The number of hydrogen-bond donors (Lipinski definition) is 1. The summed E-state index contributed by atoms with van der Waals surface area (Å²) < 4.78 is 8.10. The molecule has 0 aromatic carbocycles. The molecule has 0 bridgehead atoms. The molecule has 0 spiro atoms. The standard InChI is InChI=1S/C11H12N2O4/c1-2-12-3-4-13(11(12)16)6-9-5-8(7-17-9)10(14)15/h3-5,7H,2,6H2,1H3,(H,14,15). The Bertz CT molecular complexity index is 591. The van der Waals surface area contributed by atoms with Gasteiger partial charge >= 0.3 is 11.7 Å². The number of aromatic carboxylic acids is 1. The minimum Gasteiger partial charge on any atom is -0.478 e. The van der Waals surface area contributed by atoms with E-state index in [1.807, 2.05) is 6.92 Å². The van der Waals surface area contributed by atoms with Gasteiger partial charge in [0.25, 0.3) is 0 Å². The highest BCUT2D eigenvalue weighted by molar-refractivity contribution is 5.87. The fourth-order valence-corrected chi connectivity index (χ4v) is 1.56. The largest absolute Gasteiger partial charge is 0.478 e. The van der Waals surface area contributed by atoms with Crippen molar-refractivity contribution in [3.05, 3.63) is 46.5 Å². The number of aromatic nitrogens is 2. The summed E-state index contributed by atoms with van der Waals surface area (Å²) in [5, 5.41) is 8.73. The first-order valence-corrected chi connectivity index (χ1v) is 5.18. The zero-order chi connectivity index (χ0) is 12.4. The van der Waals surface area contributed by atoms with Crippen molar-refractivity contribution in [2.75, 3.05) is 0 Å². The van der Waals surface area contributed by atoms with Crippen molar-refractivity contribution in [2.45, 2.75) is 20.0 Å². The minimum absolute atomic E-state index is 0.0861. The van der Waals surface area contributed by atoms with Gasteiger partial charge in [-0.1, -0.05) is 0 Å². The fraction of sp³-hybridized carbons (Fsp3) is 0.273. The molecule has 6 nitrogen and oxygen atoms in total. The number of nitrogens with zero attached hydrogens (tertiary/aromatic N) is 2. The van der Waals surface area contributed by atoms with E-state index in [1.54, 1.807) is 17.0 Å². The van der Waals surface area contributed by atoms with Gasteiger partial charge in [0.15, 0.2) is 0 Å². The maximum absolute atomic E-state index is 11.7. The lowest BCUT2D eigenvalue weighted by Gasteiger charge is -1.97. The molecule has 0 amide bonds. The Labute approximate surface area is 96.7 Å². The average molecular weight is 236 g/mol. The van der Waals surface area contributed by atoms with Gasteiger partial charge in [-0.15, -0.1) is 0 Å². The van der Waals surface area contributed by atoms with Gasteiger partial charge in [-0.25, -0.2) is 9.59 Å². The first kappa shape index (κ1) is 11.3.